The van der Waals surface area contributed by atoms with E-state index in [1.807, 2.05) is 18.7 Å². The molecule has 3 heterocycles. The van der Waals surface area contributed by atoms with E-state index < -0.39 is 0 Å². The van der Waals surface area contributed by atoms with E-state index >= 15 is 0 Å². The first-order chi connectivity index (χ1) is 15.5. The number of benzene rings is 1. The first-order valence-electron chi connectivity index (χ1n) is 10.7. The summed E-state index contributed by atoms with van der Waals surface area (Å²) in [6, 6.07) is 4.93. The van der Waals surface area contributed by atoms with Crippen LogP contribution in [-0.2, 0) is 4.79 Å². The standard InChI is InChI=1S/C22H26N4O5S/c1-3-25(4-2)20(28)15-6-5-9-26(11-15)21(29)16-12-32-22(23-16)24-19(27)14-7-8-17-18(10-14)31-13-30-17/h7-8,10,12,15H,3-6,9,11,13H2,1-2H3,(H,23,24,27)/t15-/m1/s1. The number of nitrogens with one attached hydrogen (secondary N) is 1. The van der Waals surface area contributed by atoms with Gasteiger partial charge in [-0.1, -0.05) is 0 Å². The lowest BCUT2D eigenvalue weighted by molar-refractivity contribution is -0.136. The van der Waals surface area contributed by atoms with Gasteiger partial charge in [0.1, 0.15) is 5.69 Å². The molecule has 0 saturated carbocycles. The lowest BCUT2D eigenvalue weighted by Gasteiger charge is -2.34. The van der Waals surface area contributed by atoms with Crippen molar-refractivity contribution in [2.24, 2.45) is 5.92 Å². The third-order valence-electron chi connectivity index (χ3n) is 5.71. The number of hydrogen-bond donors (Lipinski definition) is 1. The minimum absolute atomic E-state index is 0.0995. The van der Waals surface area contributed by atoms with E-state index in [4.69, 9.17) is 9.47 Å². The van der Waals surface area contributed by atoms with E-state index in [1.54, 1.807) is 28.5 Å². The highest BCUT2D eigenvalue weighted by atomic mass is 32.1. The van der Waals surface area contributed by atoms with Gasteiger partial charge in [0.2, 0.25) is 12.7 Å². The lowest BCUT2D eigenvalue weighted by Crippen LogP contribution is -2.46. The van der Waals surface area contributed by atoms with Crippen molar-refractivity contribution < 1.29 is 23.9 Å². The molecule has 1 aromatic carbocycles. The zero-order chi connectivity index (χ0) is 22.7. The van der Waals surface area contributed by atoms with Crippen LogP contribution in [0.2, 0.25) is 0 Å². The van der Waals surface area contributed by atoms with Crippen molar-refractivity contribution in [3.8, 4) is 11.5 Å². The van der Waals surface area contributed by atoms with Gasteiger partial charge in [0.05, 0.1) is 5.92 Å². The number of ether oxygens (including phenoxy) is 2. The summed E-state index contributed by atoms with van der Waals surface area (Å²) in [6.45, 7) is 6.37. The van der Waals surface area contributed by atoms with Gasteiger partial charge in [-0.25, -0.2) is 4.98 Å². The molecule has 0 aliphatic carbocycles. The van der Waals surface area contributed by atoms with E-state index in [0.717, 1.165) is 12.8 Å². The van der Waals surface area contributed by atoms with Crippen molar-refractivity contribution in [3.63, 3.8) is 0 Å². The number of carbonyl (C=O) groups excluding carboxylic acids is 3. The fraction of sp³-hybridized carbons (Fsp3) is 0.455. The second-order valence-electron chi connectivity index (χ2n) is 7.66. The number of carbonyl (C=O) groups is 3. The molecular weight excluding hydrogens is 432 g/mol. The number of rotatable bonds is 6. The average Bonchev–Trinajstić information content (AvgIpc) is 3.48. The molecule has 4 rings (SSSR count). The van der Waals surface area contributed by atoms with Gasteiger partial charge in [0, 0.05) is 37.1 Å². The Balaban J connectivity index is 1.39. The maximum atomic E-state index is 13.0. The van der Waals surface area contributed by atoms with Crippen molar-refractivity contribution in [1.29, 1.82) is 0 Å². The van der Waals surface area contributed by atoms with Gasteiger partial charge in [0.15, 0.2) is 16.6 Å². The van der Waals surface area contributed by atoms with Crippen molar-refractivity contribution in [2.45, 2.75) is 26.7 Å². The molecule has 0 radical (unpaired) electrons. The van der Waals surface area contributed by atoms with Crippen LogP contribution >= 0.6 is 11.3 Å². The second kappa shape index (κ2) is 9.56. The zero-order valence-electron chi connectivity index (χ0n) is 18.1. The van der Waals surface area contributed by atoms with Crippen LogP contribution in [0, 0.1) is 5.92 Å². The highest BCUT2D eigenvalue weighted by Gasteiger charge is 2.31. The zero-order valence-corrected chi connectivity index (χ0v) is 18.9. The van der Waals surface area contributed by atoms with Crippen LogP contribution in [0.1, 0.15) is 47.5 Å². The van der Waals surface area contributed by atoms with Gasteiger partial charge in [-0.3, -0.25) is 19.7 Å². The van der Waals surface area contributed by atoms with E-state index in [1.165, 1.54) is 11.3 Å². The van der Waals surface area contributed by atoms with Crippen LogP contribution in [-0.4, -0.2) is 65.5 Å². The molecular formula is C22H26N4O5S. The quantitative estimate of drug-likeness (QED) is 0.714. The topological polar surface area (TPSA) is 101 Å². The average molecular weight is 459 g/mol. The molecule has 10 heteroatoms. The SMILES string of the molecule is CCN(CC)C(=O)[C@@H]1CCCN(C(=O)c2csc(NC(=O)c3ccc4c(c3)OCO4)n2)C1. The Morgan fingerprint density at radius 1 is 1.22 bits per heavy atom. The molecule has 1 fully saturated rings. The van der Waals surface area contributed by atoms with Gasteiger partial charge >= 0.3 is 0 Å². The fourth-order valence-corrected chi connectivity index (χ4v) is 4.63. The summed E-state index contributed by atoms with van der Waals surface area (Å²) in [6.07, 6.45) is 1.56. The number of likely N-dealkylation sites (tertiary alicyclic amines) is 1. The molecule has 32 heavy (non-hydrogen) atoms. The molecule has 0 unspecified atom stereocenters. The normalized spacial score (nSPS) is 17.2. The molecule has 2 aliphatic heterocycles. The fourth-order valence-electron chi connectivity index (χ4n) is 3.96. The van der Waals surface area contributed by atoms with Gasteiger partial charge in [-0.05, 0) is 44.9 Å². The molecule has 1 atom stereocenters. The van der Waals surface area contributed by atoms with E-state index in [9.17, 15) is 14.4 Å². The monoisotopic (exact) mass is 458 g/mol. The molecule has 2 aromatic rings. The number of thiazole rings is 1. The summed E-state index contributed by atoms with van der Waals surface area (Å²) in [4.78, 5) is 46.0. The Hall–Kier alpha value is -3.14. The van der Waals surface area contributed by atoms with Crippen LogP contribution in [0.25, 0.3) is 0 Å². The molecule has 3 amide bonds. The van der Waals surface area contributed by atoms with Crippen LogP contribution in [0.3, 0.4) is 0 Å². The summed E-state index contributed by atoms with van der Waals surface area (Å²) < 4.78 is 10.6. The molecule has 2 aliphatic rings. The van der Waals surface area contributed by atoms with Gasteiger partial charge in [0.25, 0.3) is 11.8 Å². The first kappa shape index (κ1) is 22.1. The lowest BCUT2D eigenvalue weighted by atomic mass is 9.96. The molecule has 170 valence electrons. The Labute approximate surface area is 190 Å². The highest BCUT2D eigenvalue weighted by Crippen LogP contribution is 2.32. The predicted molar refractivity (Wildman–Crippen MR) is 119 cm³/mol. The number of amides is 3. The number of fused-ring (bicyclic) bond motifs is 1. The van der Waals surface area contributed by atoms with Crippen LogP contribution in [0.15, 0.2) is 23.6 Å². The highest BCUT2D eigenvalue weighted by molar-refractivity contribution is 7.14. The van der Waals surface area contributed by atoms with Crippen molar-refractivity contribution >= 4 is 34.2 Å². The van der Waals surface area contributed by atoms with Crippen molar-refractivity contribution in [1.82, 2.24) is 14.8 Å². The van der Waals surface area contributed by atoms with Gasteiger partial charge in [-0.2, -0.15) is 0 Å². The van der Waals surface area contributed by atoms with E-state index in [2.05, 4.69) is 10.3 Å². The molecule has 1 N–H and O–H groups in total. The Kier molecular flexibility index (Phi) is 6.59. The smallest absolute Gasteiger partial charge is 0.273 e. The third kappa shape index (κ3) is 4.55. The van der Waals surface area contributed by atoms with Crippen LogP contribution < -0.4 is 14.8 Å². The number of hydrogen-bond acceptors (Lipinski definition) is 7. The summed E-state index contributed by atoms with van der Waals surface area (Å²) >= 11 is 1.19. The Morgan fingerprint density at radius 3 is 2.78 bits per heavy atom. The summed E-state index contributed by atoms with van der Waals surface area (Å²) in [7, 11) is 0. The Morgan fingerprint density at radius 2 is 2.00 bits per heavy atom. The van der Waals surface area contributed by atoms with Crippen molar-refractivity contribution in [3.05, 3.63) is 34.8 Å². The largest absolute Gasteiger partial charge is 0.454 e. The molecule has 0 bridgehead atoms. The summed E-state index contributed by atoms with van der Waals surface area (Å²) in [5, 5.41) is 4.69. The van der Waals surface area contributed by atoms with E-state index in [0.29, 0.717) is 48.4 Å². The second-order valence-corrected chi connectivity index (χ2v) is 8.52. The Bertz CT molecular complexity index is 1020. The maximum Gasteiger partial charge on any atom is 0.273 e. The maximum absolute atomic E-state index is 13.0. The molecule has 0 spiro atoms. The number of piperidine rings is 1. The first-order valence-corrected chi connectivity index (χ1v) is 11.6. The summed E-state index contributed by atoms with van der Waals surface area (Å²) in [5.74, 6) is 0.467. The van der Waals surface area contributed by atoms with E-state index in [-0.39, 0.29) is 36.1 Å². The predicted octanol–water partition coefficient (Wildman–Crippen LogP) is 2.84. The van der Waals surface area contributed by atoms with Crippen molar-refractivity contribution in [2.75, 3.05) is 38.3 Å². The minimum atomic E-state index is -0.348. The third-order valence-corrected chi connectivity index (χ3v) is 6.47. The van der Waals surface area contributed by atoms with Crippen LogP contribution in [0.4, 0.5) is 5.13 Å². The van der Waals surface area contributed by atoms with Gasteiger partial charge < -0.3 is 19.3 Å². The summed E-state index contributed by atoms with van der Waals surface area (Å²) in [5.41, 5.74) is 0.679. The molecule has 1 aromatic heterocycles. The number of anilines is 1. The molecule has 9 nitrogen and oxygen atoms in total. The minimum Gasteiger partial charge on any atom is -0.454 e. The van der Waals surface area contributed by atoms with Crippen LogP contribution in [0.5, 0.6) is 11.5 Å². The van der Waals surface area contributed by atoms with Gasteiger partial charge in [-0.15, -0.1) is 11.3 Å². The molecule has 1 saturated heterocycles. The number of nitrogens with zero attached hydrogens (tertiary/aromatic N) is 3. The number of aromatic nitrogens is 1.